The van der Waals surface area contributed by atoms with Crippen LogP contribution in [0.15, 0.2) is 24.3 Å². The average molecular weight is 209 g/mol. The van der Waals surface area contributed by atoms with E-state index in [2.05, 4.69) is 24.3 Å². The number of hydrogen-bond acceptors (Lipinski definition) is 0. The first-order chi connectivity index (χ1) is 6.92. The molecule has 1 aliphatic rings. The van der Waals surface area contributed by atoms with Crippen LogP contribution >= 0.6 is 11.6 Å². The number of rotatable bonds is 2. The molecule has 1 heteroatoms. The summed E-state index contributed by atoms with van der Waals surface area (Å²) in [5.74, 6) is 1.44. The van der Waals surface area contributed by atoms with Gasteiger partial charge in [-0.1, -0.05) is 43.5 Å². The van der Waals surface area contributed by atoms with Crippen LogP contribution < -0.4 is 0 Å². The van der Waals surface area contributed by atoms with Crippen molar-refractivity contribution < 1.29 is 0 Å². The molecule has 1 saturated carbocycles. The van der Waals surface area contributed by atoms with Crippen molar-refractivity contribution in [3.05, 3.63) is 35.4 Å². The van der Waals surface area contributed by atoms with Gasteiger partial charge >= 0.3 is 0 Å². The van der Waals surface area contributed by atoms with Crippen molar-refractivity contribution in [3.8, 4) is 0 Å². The molecule has 0 aliphatic heterocycles. The van der Waals surface area contributed by atoms with Crippen LogP contribution in [0.1, 0.15) is 49.1 Å². The molecule has 0 atom stereocenters. The first kappa shape index (κ1) is 10.0. The van der Waals surface area contributed by atoms with Crippen molar-refractivity contribution >= 4 is 11.6 Å². The highest BCUT2D eigenvalue weighted by Crippen LogP contribution is 2.34. The summed E-state index contributed by atoms with van der Waals surface area (Å²) in [6.45, 7) is 0. The minimum atomic E-state index is 0.659. The predicted octanol–water partition coefficient (Wildman–Crippen LogP) is 4.47. The van der Waals surface area contributed by atoms with Gasteiger partial charge < -0.3 is 0 Å². The van der Waals surface area contributed by atoms with Crippen LogP contribution in [0.5, 0.6) is 0 Å². The topological polar surface area (TPSA) is 0 Å². The lowest BCUT2D eigenvalue weighted by atomic mass is 9.82. The van der Waals surface area contributed by atoms with Crippen LogP contribution in [-0.2, 0) is 5.88 Å². The Kier molecular flexibility index (Phi) is 3.47. The highest BCUT2D eigenvalue weighted by atomic mass is 35.5. The van der Waals surface area contributed by atoms with Gasteiger partial charge in [-0.25, -0.2) is 0 Å². The molecule has 0 aromatic heterocycles. The monoisotopic (exact) mass is 208 g/mol. The summed E-state index contributed by atoms with van der Waals surface area (Å²) >= 11 is 5.95. The Morgan fingerprint density at radius 2 is 1.79 bits per heavy atom. The minimum Gasteiger partial charge on any atom is -0.122 e. The van der Waals surface area contributed by atoms with Gasteiger partial charge in [0.25, 0.3) is 0 Å². The number of hydrogen-bond donors (Lipinski definition) is 0. The van der Waals surface area contributed by atoms with Crippen molar-refractivity contribution in [2.45, 2.75) is 43.9 Å². The van der Waals surface area contributed by atoms with E-state index in [0.29, 0.717) is 5.88 Å². The average Bonchev–Trinajstić information content (AvgIpc) is 2.30. The predicted molar refractivity (Wildman–Crippen MR) is 61.8 cm³/mol. The molecule has 0 saturated heterocycles. The molecular weight excluding hydrogens is 192 g/mol. The molecule has 0 bridgehead atoms. The zero-order valence-corrected chi connectivity index (χ0v) is 9.26. The third-order valence-electron chi connectivity index (χ3n) is 3.24. The van der Waals surface area contributed by atoms with E-state index in [1.54, 1.807) is 0 Å². The summed E-state index contributed by atoms with van der Waals surface area (Å²) in [6.07, 6.45) is 6.91. The van der Waals surface area contributed by atoms with Gasteiger partial charge in [-0.3, -0.25) is 0 Å². The highest BCUT2D eigenvalue weighted by Gasteiger charge is 2.17. The number of benzene rings is 1. The van der Waals surface area contributed by atoms with Crippen LogP contribution in [0.3, 0.4) is 0 Å². The van der Waals surface area contributed by atoms with Crippen molar-refractivity contribution in [3.63, 3.8) is 0 Å². The van der Waals surface area contributed by atoms with Crippen LogP contribution in [0.2, 0.25) is 0 Å². The Bertz CT molecular complexity index is 287. The van der Waals surface area contributed by atoms with Gasteiger partial charge in [0.05, 0.1) is 0 Å². The second kappa shape index (κ2) is 4.84. The minimum absolute atomic E-state index is 0.659. The fraction of sp³-hybridized carbons (Fsp3) is 0.538. The normalized spacial score (nSPS) is 18.4. The van der Waals surface area contributed by atoms with Gasteiger partial charge in [0, 0.05) is 5.88 Å². The van der Waals surface area contributed by atoms with Gasteiger partial charge in [-0.05, 0) is 29.9 Å². The Labute approximate surface area is 91.3 Å². The molecule has 0 unspecified atom stereocenters. The fourth-order valence-corrected chi connectivity index (χ4v) is 2.71. The van der Waals surface area contributed by atoms with E-state index in [-0.39, 0.29) is 0 Å². The SMILES string of the molecule is ClCc1ccccc1C1CCCCC1. The molecule has 76 valence electrons. The zero-order valence-electron chi connectivity index (χ0n) is 8.51. The van der Waals surface area contributed by atoms with E-state index in [4.69, 9.17) is 11.6 Å². The third-order valence-corrected chi connectivity index (χ3v) is 3.53. The first-order valence-corrected chi connectivity index (χ1v) is 6.09. The van der Waals surface area contributed by atoms with E-state index in [1.165, 1.54) is 43.2 Å². The summed E-state index contributed by atoms with van der Waals surface area (Å²) in [5, 5.41) is 0. The molecule has 14 heavy (non-hydrogen) atoms. The van der Waals surface area contributed by atoms with E-state index >= 15 is 0 Å². The van der Waals surface area contributed by atoms with Crippen molar-refractivity contribution in [1.82, 2.24) is 0 Å². The molecule has 0 radical (unpaired) electrons. The van der Waals surface area contributed by atoms with Crippen LogP contribution in [-0.4, -0.2) is 0 Å². The lowest BCUT2D eigenvalue weighted by molar-refractivity contribution is 0.442. The maximum Gasteiger partial charge on any atom is 0.0476 e. The summed E-state index contributed by atoms with van der Waals surface area (Å²) in [4.78, 5) is 0. The maximum atomic E-state index is 5.95. The smallest absolute Gasteiger partial charge is 0.0476 e. The van der Waals surface area contributed by atoms with E-state index in [9.17, 15) is 0 Å². The quantitative estimate of drug-likeness (QED) is 0.629. The van der Waals surface area contributed by atoms with E-state index in [0.717, 1.165) is 5.92 Å². The van der Waals surface area contributed by atoms with Gasteiger partial charge in [0.1, 0.15) is 0 Å². The van der Waals surface area contributed by atoms with E-state index in [1.807, 2.05) is 0 Å². The van der Waals surface area contributed by atoms with Crippen molar-refractivity contribution in [2.24, 2.45) is 0 Å². The zero-order chi connectivity index (χ0) is 9.80. The Morgan fingerprint density at radius 3 is 2.50 bits per heavy atom. The van der Waals surface area contributed by atoms with Crippen LogP contribution in [0.4, 0.5) is 0 Å². The number of halogens is 1. The molecular formula is C13H17Cl. The fourth-order valence-electron chi connectivity index (χ4n) is 2.47. The van der Waals surface area contributed by atoms with Gasteiger partial charge in [0.15, 0.2) is 0 Å². The second-order valence-electron chi connectivity index (χ2n) is 4.17. The lowest BCUT2D eigenvalue weighted by Gasteiger charge is -2.23. The van der Waals surface area contributed by atoms with E-state index < -0.39 is 0 Å². The molecule has 1 aliphatic carbocycles. The summed E-state index contributed by atoms with van der Waals surface area (Å²) < 4.78 is 0. The van der Waals surface area contributed by atoms with Crippen LogP contribution in [0.25, 0.3) is 0 Å². The summed E-state index contributed by atoms with van der Waals surface area (Å²) in [7, 11) is 0. The molecule has 1 aromatic rings. The van der Waals surface area contributed by atoms with Crippen molar-refractivity contribution in [1.29, 1.82) is 0 Å². The summed E-state index contributed by atoms with van der Waals surface area (Å²) in [6, 6.07) is 8.65. The molecule has 0 spiro atoms. The molecule has 0 N–H and O–H groups in total. The Balaban J connectivity index is 2.20. The Morgan fingerprint density at radius 1 is 1.07 bits per heavy atom. The van der Waals surface area contributed by atoms with Crippen molar-refractivity contribution in [2.75, 3.05) is 0 Å². The maximum absolute atomic E-state index is 5.95. The molecule has 0 nitrogen and oxygen atoms in total. The van der Waals surface area contributed by atoms with Gasteiger partial charge in [0.2, 0.25) is 0 Å². The molecule has 2 rings (SSSR count). The molecule has 0 amide bonds. The van der Waals surface area contributed by atoms with Gasteiger partial charge in [-0.15, -0.1) is 11.6 Å². The largest absolute Gasteiger partial charge is 0.122 e. The summed E-state index contributed by atoms with van der Waals surface area (Å²) in [5.41, 5.74) is 2.84. The highest BCUT2D eigenvalue weighted by molar-refractivity contribution is 6.17. The van der Waals surface area contributed by atoms with Gasteiger partial charge in [-0.2, -0.15) is 0 Å². The number of alkyl halides is 1. The van der Waals surface area contributed by atoms with Crippen LogP contribution in [0, 0.1) is 0 Å². The Hall–Kier alpha value is -0.490. The lowest BCUT2D eigenvalue weighted by Crippen LogP contribution is -2.06. The second-order valence-corrected chi connectivity index (χ2v) is 4.43. The third kappa shape index (κ3) is 2.12. The molecule has 1 fully saturated rings. The molecule has 1 aromatic carbocycles. The molecule has 0 heterocycles. The standard InChI is InChI=1S/C13H17Cl/c14-10-12-8-4-5-9-13(12)11-6-2-1-3-7-11/h4-5,8-9,11H,1-3,6-7,10H2. The first-order valence-electron chi connectivity index (χ1n) is 5.55.